The van der Waals surface area contributed by atoms with E-state index in [1.165, 1.54) is 0 Å². The van der Waals surface area contributed by atoms with Gasteiger partial charge >= 0.3 is 6.09 Å². The number of anilines is 1. The largest absolute Gasteiger partial charge is 0.444 e. The van der Waals surface area contributed by atoms with E-state index < -0.39 is 17.8 Å². The molecule has 0 bridgehead atoms. The van der Waals surface area contributed by atoms with E-state index in [-0.39, 0.29) is 6.04 Å². The van der Waals surface area contributed by atoms with Crippen LogP contribution < -0.4 is 5.32 Å². The maximum absolute atomic E-state index is 11.6. The fourth-order valence-corrected chi connectivity index (χ4v) is 1.60. The third kappa shape index (κ3) is 4.55. The van der Waals surface area contributed by atoms with Crippen LogP contribution in [0.2, 0.25) is 0 Å². The van der Waals surface area contributed by atoms with Crippen LogP contribution in [0.3, 0.4) is 0 Å². The van der Waals surface area contributed by atoms with Crippen LogP contribution in [0, 0.1) is 0 Å². The molecule has 1 unspecified atom stereocenters. The smallest absolute Gasteiger partial charge is 0.413 e. The zero-order chi connectivity index (χ0) is 14.8. The summed E-state index contributed by atoms with van der Waals surface area (Å²) >= 11 is 0. The predicted octanol–water partition coefficient (Wildman–Crippen LogP) is 2.86. The number of hydrogen-bond acceptors (Lipinski definition) is 4. The zero-order valence-electron chi connectivity index (χ0n) is 12.4. The Balaban J connectivity index is 2.85. The van der Waals surface area contributed by atoms with Crippen molar-refractivity contribution in [2.75, 3.05) is 5.32 Å². The minimum absolute atomic E-state index is 0.0961. The van der Waals surface area contributed by atoms with Crippen molar-refractivity contribution in [3.63, 3.8) is 0 Å². The first-order valence-corrected chi connectivity index (χ1v) is 6.37. The number of nitrogens with one attached hydrogen (secondary N) is 1. The molecule has 1 atom stereocenters. The van der Waals surface area contributed by atoms with E-state index in [1.54, 1.807) is 38.4 Å². The molecule has 0 aromatic carbocycles. The van der Waals surface area contributed by atoms with E-state index in [1.807, 2.05) is 13.8 Å². The minimum atomic E-state index is -0.649. The van der Waals surface area contributed by atoms with Gasteiger partial charge in [-0.1, -0.05) is 0 Å². The van der Waals surface area contributed by atoms with Crippen molar-refractivity contribution < 1.29 is 14.6 Å². The highest BCUT2D eigenvalue weighted by Gasteiger charge is 2.19. The number of carbonyl (C=O) groups excluding carboxylic acids is 1. The van der Waals surface area contributed by atoms with Gasteiger partial charge in [0, 0.05) is 12.1 Å². The van der Waals surface area contributed by atoms with E-state index in [0.29, 0.717) is 11.5 Å². The number of nitrogens with zero attached hydrogens (tertiary/aromatic N) is 2. The van der Waals surface area contributed by atoms with Gasteiger partial charge in [0.05, 0.1) is 11.8 Å². The van der Waals surface area contributed by atoms with Crippen LogP contribution in [0.5, 0.6) is 0 Å². The second-order valence-electron chi connectivity index (χ2n) is 5.80. The monoisotopic (exact) mass is 269 g/mol. The first-order valence-electron chi connectivity index (χ1n) is 6.37. The van der Waals surface area contributed by atoms with E-state index in [2.05, 4.69) is 10.4 Å². The Morgan fingerprint density at radius 2 is 2.00 bits per heavy atom. The van der Waals surface area contributed by atoms with Gasteiger partial charge in [0.15, 0.2) is 5.82 Å². The van der Waals surface area contributed by atoms with Crippen LogP contribution in [0.25, 0.3) is 0 Å². The molecule has 19 heavy (non-hydrogen) atoms. The van der Waals surface area contributed by atoms with Crippen molar-refractivity contribution in [2.24, 2.45) is 0 Å². The Bertz CT molecular complexity index is 419. The average molecular weight is 269 g/mol. The molecule has 0 saturated heterocycles. The summed E-state index contributed by atoms with van der Waals surface area (Å²) in [4.78, 5) is 11.6. The van der Waals surface area contributed by atoms with E-state index in [0.717, 1.165) is 0 Å². The molecule has 0 spiro atoms. The predicted molar refractivity (Wildman–Crippen MR) is 73.1 cm³/mol. The summed E-state index contributed by atoms with van der Waals surface area (Å²) in [6, 6.07) is 1.74. The fraction of sp³-hybridized carbons (Fsp3) is 0.692. The number of aliphatic hydroxyl groups excluding tert-OH is 1. The average Bonchev–Trinajstić information content (AvgIpc) is 2.58. The Morgan fingerprint density at radius 3 is 2.37 bits per heavy atom. The third-order valence-electron chi connectivity index (χ3n) is 2.31. The molecule has 1 heterocycles. The molecule has 0 aliphatic carbocycles. The first-order chi connectivity index (χ1) is 8.60. The molecule has 1 aromatic heterocycles. The number of carbonyl (C=O) groups is 1. The van der Waals surface area contributed by atoms with Gasteiger partial charge in [-0.2, -0.15) is 5.10 Å². The van der Waals surface area contributed by atoms with Crippen LogP contribution in [0.1, 0.15) is 59.4 Å². The fourth-order valence-electron chi connectivity index (χ4n) is 1.60. The molecule has 6 heteroatoms. The molecule has 1 rings (SSSR count). The van der Waals surface area contributed by atoms with Gasteiger partial charge < -0.3 is 9.84 Å². The number of aromatic nitrogens is 2. The summed E-state index contributed by atoms with van der Waals surface area (Å²) in [5.41, 5.74) is 0.0960. The standard InChI is InChI=1S/C13H23N3O3/c1-8(2)16-10(9(3)17)7-11(15-16)14-12(18)19-13(4,5)6/h7-9,17H,1-6H3,(H,14,15,18). The normalized spacial score (nSPS) is 13.5. The molecule has 6 nitrogen and oxygen atoms in total. The molecular formula is C13H23N3O3. The maximum Gasteiger partial charge on any atom is 0.413 e. The highest BCUT2D eigenvalue weighted by Crippen LogP contribution is 2.21. The van der Waals surface area contributed by atoms with Crippen molar-refractivity contribution in [1.29, 1.82) is 0 Å². The molecule has 0 saturated carbocycles. The second-order valence-corrected chi connectivity index (χ2v) is 5.80. The van der Waals surface area contributed by atoms with Crippen molar-refractivity contribution in [3.05, 3.63) is 11.8 Å². The summed E-state index contributed by atoms with van der Waals surface area (Å²) < 4.78 is 6.83. The van der Waals surface area contributed by atoms with Crippen molar-refractivity contribution in [3.8, 4) is 0 Å². The van der Waals surface area contributed by atoms with Crippen LogP contribution in [-0.4, -0.2) is 26.6 Å². The van der Waals surface area contributed by atoms with Gasteiger partial charge in [0.2, 0.25) is 0 Å². The molecule has 2 N–H and O–H groups in total. The van der Waals surface area contributed by atoms with Crippen LogP contribution in [0.4, 0.5) is 10.6 Å². The summed E-state index contributed by atoms with van der Waals surface area (Å²) in [5.74, 6) is 0.374. The molecule has 0 fully saturated rings. The molecule has 0 aliphatic rings. The molecule has 0 aliphatic heterocycles. The SMILES string of the molecule is CC(O)c1cc(NC(=O)OC(C)(C)C)nn1C(C)C. The highest BCUT2D eigenvalue weighted by molar-refractivity contribution is 5.83. The lowest BCUT2D eigenvalue weighted by Gasteiger charge is -2.19. The number of hydrogen-bond donors (Lipinski definition) is 2. The topological polar surface area (TPSA) is 76.4 Å². The van der Waals surface area contributed by atoms with Gasteiger partial charge in [-0.25, -0.2) is 4.79 Å². The van der Waals surface area contributed by atoms with E-state index in [9.17, 15) is 9.90 Å². The number of amides is 1. The van der Waals surface area contributed by atoms with Crippen molar-refractivity contribution in [2.45, 2.75) is 59.3 Å². The van der Waals surface area contributed by atoms with Crippen molar-refractivity contribution in [1.82, 2.24) is 9.78 Å². The van der Waals surface area contributed by atoms with Gasteiger partial charge in [0.1, 0.15) is 5.60 Å². The van der Waals surface area contributed by atoms with E-state index in [4.69, 9.17) is 4.74 Å². The number of rotatable bonds is 3. The highest BCUT2D eigenvalue weighted by atomic mass is 16.6. The maximum atomic E-state index is 11.6. The summed E-state index contributed by atoms with van der Waals surface area (Å²) in [6.45, 7) is 10.9. The summed E-state index contributed by atoms with van der Waals surface area (Å²) in [7, 11) is 0. The second kappa shape index (κ2) is 5.61. The van der Waals surface area contributed by atoms with Gasteiger partial charge in [0.25, 0.3) is 0 Å². The van der Waals surface area contributed by atoms with Crippen molar-refractivity contribution >= 4 is 11.9 Å². The lowest BCUT2D eigenvalue weighted by atomic mass is 10.2. The van der Waals surface area contributed by atoms with Gasteiger partial charge in [-0.3, -0.25) is 10.00 Å². The Kier molecular flexibility index (Phi) is 4.57. The quantitative estimate of drug-likeness (QED) is 0.884. The Hall–Kier alpha value is -1.56. The summed E-state index contributed by atoms with van der Waals surface area (Å²) in [5, 5.41) is 16.5. The lowest BCUT2D eigenvalue weighted by molar-refractivity contribution is 0.0635. The van der Waals surface area contributed by atoms with Crippen LogP contribution in [-0.2, 0) is 4.74 Å². The van der Waals surface area contributed by atoms with Crippen LogP contribution >= 0.6 is 0 Å². The first kappa shape index (κ1) is 15.5. The van der Waals surface area contributed by atoms with Gasteiger partial charge in [-0.05, 0) is 41.5 Å². The zero-order valence-corrected chi connectivity index (χ0v) is 12.4. The molecule has 1 aromatic rings. The Labute approximate surface area is 113 Å². The third-order valence-corrected chi connectivity index (χ3v) is 2.31. The van der Waals surface area contributed by atoms with E-state index >= 15 is 0 Å². The Morgan fingerprint density at radius 1 is 1.42 bits per heavy atom. The number of ether oxygens (including phenoxy) is 1. The van der Waals surface area contributed by atoms with Crippen LogP contribution in [0.15, 0.2) is 6.07 Å². The molecule has 108 valence electrons. The molecular weight excluding hydrogens is 246 g/mol. The lowest BCUT2D eigenvalue weighted by Crippen LogP contribution is -2.27. The van der Waals surface area contributed by atoms with Gasteiger partial charge in [-0.15, -0.1) is 0 Å². The molecule has 0 radical (unpaired) electrons. The molecule has 1 amide bonds. The number of aliphatic hydroxyl groups is 1. The minimum Gasteiger partial charge on any atom is -0.444 e. The summed E-state index contributed by atoms with van der Waals surface area (Å²) in [6.07, 6.45) is -1.21.